The van der Waals surface area contributed by atoms with E-state index in [9.17, 15) is 9.90 Å². The topological polar surface area (TPSA) is 82.2 Å². The van der Waals surface area contributed by atoms with Crippen LogP contribution in [0.2, 0.25) is 0 Å². The number of phenolic OH excluding ortho intramolecular Hbond substituents is 1. The zero-order valence-corrected chi connectivity index (χ0v) is 10.5. The molecule has 0 radical (unpaired) electrons. The van der Waals surface area contributed by atoms with Gasteiger partial charge in [-0.25, -0.2) is 4.79 Å². The standard InChI is InChI=1S/C15H12N2O3/c18-14-8-4-2-6-12(14)10-17-16-9-11-5-1-3-7-13(11)15(19)20/h1-10,18H,(H,19,20)/b16-9+,17-10-. The number of hydrogen-bond acceptors (Lipinski definition) is 4. The maximum atomic E-state index is 11.0. The molecule has 5 heteroatoms. The van der Waals surface area contributed by atoms with Gasteiger partial charge in [-0.05, 0) is 18.2 Å². The largest absolute Gasteiger partial charge is 0.507 e. The van der Waals surface area contributed by atoms with Gasteiger partial charge in [0.1, 0.15) is 5.75 Å². The summed E-state index contributed by atoms with van der Waals surface area (Å²) in [5, 5.41) is 26.1. The molecule has 100 valence electrons. The third-order valence-corrected chi connectivity index (χ3v) is 2.59. The van der Waals surface area contributed by atoms with Crippen LogP contribution in [-0.2, 0) is 0 Å². The Bertz CT molecular complexity index is 678. The second-order valence-electron chi connectivity index (χ2n) is 3.94. The molecule has 2 aromatic carbocycles. The van der Waals surface area contributed by atoms with E-state index in [1.807, 2.05) is 0 Å². The fraction of sp³-hybridized carbons (Fsp3) is 0. The predicted molar refractivity (Wildman–Crippen MR) is 76.7 cm³/mol. The Hall–Kier alpha value is -2.95. The number of hydrogen-bond donors (Lipinski definition) is 2. The van der Waals surface area contributed by atoms with Crippen molar-refractivity contribution in [2.45, 2.75) is 0 Å². The lowest BCUT2D eigenvalue weighted by atomic mass is 10.1. The van der Waals surface area contributed by atoms with Gasteiger partial charge in [0, 0.05) is 11.1 Å². The SMILES string of the molecule is O=C(O)c1ccccc1/C=N/N=C\c1ccccc1O. The summed E-state index contributed by atoms with van der Waals surface area (Å²) in [6.45, 7) is 0. The summed E-state index contributed by atoms with van der Waals surface area (Å²) in [4.78, 5) is 11.0. The van der Waals surface area contributed by atoms with Crippen LogP contribution >= 0.6 is 0 Å². The molecule has 0 saturated carbocycles. The van der Waals surface area contributed by atoms with E-state index in [0.29, 0.717) is 11.1 Å². The molecular weight excluding hydrogens is 256 g/mol. The third-order valence-electron chi connectivity index (χ3n) is 2.59. The van der Waals surface area contributed by atoms with Crippen LogP contribution < -0.4 is 0 Å². The van der Waals surface area contributed by atoms with E-state index < -0.39 is 5.97 Å². The number of carbonyl (C=O) groups is 1. The molecule has 2 N–H and O–H groups in total. The minimum absolute atomic E-state index is 0.109. The van der Waals surface area contributed by atoms with Crippen LogP contribution in [0.15, 0.2) is 58.7 Å². The molecule has 2 rings (SSSR count). The van der Waals surface area contributed by atoms with Gasteiger partial charge in [0.05, 0.1) is 18.0 Å². The average Bonchev–Trinajstić information content (AvgIpc) is 2.45. The maximum Gasteiger partial charge on any atom is 0.336 e. The summed E-state index contributed by atoms with van der Waals surface area (Å²) in [5.41, 5.74) is 1.17. The Labute approximate surface area is 115 Å². The first-order valence-electron chi connectivity index (χ1n) is 5.85. The number of para-hydroxylation sites is 1. The van der Waals surface area contributed by atoms with Crippen LogP contribution in [0.3, 0.4) is 0 Å². The van der Waals surface area contributed by atoms with Crippen LogP contribution in [-0.4, -0.2) is 28.6 Å². The lowest BCUT2D eigenvalue weighted by molar-refractivity contribution is 0.0697. The normalized spacial score (nSPS) is 11.2. The first-order valence-corrected chi connectivity index (χ1v) is 5.85. The Morgan fingerprint density at radius 3 is 2.10 bits per heavy atom. The van der Waals surface area contributed by atoms with E-state index in [-0.39, 0.29) is 11.3 Å². The first-order chi connectivity index (χ1) is 9.68. The fourth-order valence-corrected chi connectivity index (χ4v) is 1.59. The number of carboxylic acids is 1. The van der Waals surface area contributed by atoms with E-state index in [1.165, 1.54) is 18.5 Å². The second kappa shape index (κ2) is 6.29. The van der Waals surface area contributed by atoms with Crippen molar-refractivity contribution in [1.82, 2.24) is 0 Å². The zero-order chi connectivity index (χ0) is 14.4. The van der Waals surface area contributed by atoms with Crippen LogP contribution in [0, 0.1) is 0 Å². The monoisotopic (exact) mass is 268 g/mol. The number of carboxylic acid groups (broad SMARTS) is 1. The van der Waals surface area contributed by atoms with Crippen molar-refractivity contribution < 1.29 is 15.0 Å². The van der Waals surface area contributed by atoms with Crippen molar-refractivity contribution in [2.24, 2.45) is 10.2 Å². The molecule has 20 heavy (non-hydrogen) atoms. The highest BCUT2D eigenvalue weighted by Crippen LogP contribution is 2.12. The van der Waals surface area contributed by atoms with Crippen molar-refractivity contribution in [2.75, 3.05) is 0 Å². The van der Waals surface area contributed by atoms with Crippen molar-refractivity contribution in [1.29, 1.82) is 0 Å². The van der Waals surface area contributed by atoms with E-state index in [0.717, 1.165) is 0 Å². The van der Waals surface area contributed by atoms with Gasteiger partial charge < -0.3 is 10.2 Å². The lowest BCUT2D eigenvalue weighted by Gasteiger charge is -1.98. The van der Waals surface area contributed by atoms with E-state index >= 15 is 0 Å². The first kappa shape index (κ1) is 13.5. The van der Waals surface area contributed by atoms with Crippen molar-refractivity contribution >= 4 is 18.4 Å². The molecule has 0 atom stereocenters. The molecule has 0 bridgehead atoms. The highest BCUT2D eigenvalue weighted by atomic mass is 16.4. The van der Waals surface area contributed by atoms with Crippen LogP contribution in [0.4, 0.5) is 0 Å². The molecule has 0 saturated heterocycles. The Morgan fingerprint density at radius 2 is 1.45 bits per heavy atom. The molecule has 0 aliphatic heterocycles. The van der Waals surface area contributed by atoms with Crippen molar-refractivity contribution in [3.8, 4) is 5.75 Å². The molecule has 0 fully saturated rings. The summed E-state index contributed by atoms with van der Waals surface area (Å²) >= 11 is 0. The van der Waals surface area contributed by atoms with Gasteiger partial charge in [0.2, 0.25) is 0 Å². The van der Waals surface area contributed by atoms with Gasteiger partial charge in [0.25, 0.3) is 0 Å². The number of phenols is 1. The molecule has 0 aliphatic rings. The number of aromatic hydroxyl groups is 1. The smallest absolute Gasteiger partial charge is 0.336 e. The lowest BCUT2D eigenvalue weighted by Crippen LogP contribution is -2.00. The zero-order valence-electron chi connectivity index (χ0n) is 10.5. The van der Waals surface area contributed by atoms with E-state index in [4.69, 9.17) is 5.11 Å². The van der Waals surface area contributed by atoms with Gasteiger partial charge in [-0.3, -0.25) is 0 Å². The molecule has 0 aliphatic carbocycles. The molecule has 0 heterocycles. The number of benzene rings is 2. The number of rotatable bonds is 4. The molecule has 0 spiro atoms. The average molecular weight is 268 g/mol. The van der Waals surface area contributed by atoms with Crippen LogP contribution in [0.5, 0.6) is 5.75 Å². The van der Waals surface area contributed by atoms with Gasteiger partial charge in [-0.15, -0.1) is 0 Å². The highest BCUT2D eigenvalue weighted by molar-refractivity contribution is 5.98. The Morgan fingerprint density at radius 1 is 0.900 bits per heavy atom. The second-order valence-corrected chi connectivity index (χ2v) is 3.94. The predicted octanol–water partition coefficient (Wildman–Crippen LogP) is 2.54. The highest BCUT2D eigenvalue weighted by Gasteiger charge is 2.06. The van der Waals surface area contributed by atoms with E-state index in [2.05, 4.69) is 10.2 Å². The number of nitrogens with zero attached hydrogens (tertiary/aromatic N) is 2. The quantitative estimate of drug-likeness (QED) is 0.660. The molecule has 5 nitrogen and oxygen atoms in total. The van der Waals surface area contributed by atoms with Gasteiger partial charge >= 0.3 is 5.97 Å². The van der Waals surface area contributed by atoms with Crippen LogP contribution in [0.25, 0.3) is 0 Å². The third kappa shape index (κ3) is 3.29. The Balaban J connectivity index is 2.15. The number of aromatic carboxylic acids is 1. The summed E-state index contributed by atoms with van der Waals surface area (Å²) in [7, 11) is 0. The summed E-state index contributed by atoms with van der Waals surface area (Å²) in [6, 6.07) is 13.2. The fourth-order valence-electron chi connectivity index (χ4n) is 1.59. The molecule has 0 unspecified atom stereocenters. The Kier molecular flexibility index (Phi) is 4.24. The van der Waals surface area contributed by atoms with Crippen LogP contribution in [0.1, 0.15) is 21.5 Å². The summed E-state index contributed by atoms with van der Waals surface area (Å²) in [5.74, 6) is -0.908. The summed E-state index contributed by atoms with van der Waals surface area (Å²) < 4.78 is 0. The molecule has 2 aromatic rings. The minimum Gasteiger partial charge on any atom is -0.507 e. The molecular formula is C15H12N2O3. The molecule has 0 amide bonds. The van der Waals surface area contributed by atoms with Crippen molar-refractivity contribution in [3.63, 3.8) is 0 Å². The van der Waals surface area contributed by atoms with Gasteiger partial charge in [-0.1, -0.05) is 30.3 Å². The van der Waals surface area contributed by atoms with Crippen molar-refractivity contribution in [3.05, 3.63) is 65.2 Å². The van der Waals surface area contributed by atoms with E-state index in [1.54, 1.807) is 42.5 Å². The van der Waals surface area contributed by atoms with Gasteiger partial charge in [-0.2, -0.15) is 10.2 Å². The molecule has 0 aromatic heterocycles. The summed E-state index contributed by atoms with van der Waals surface area (Å²) in [6.07, 6.45) is 2.76. The minimum atomic E-state index is -1.02. The maximum absolute atomic E-state index is 11.0. The van der Waals surface area contributed by atoms with Gasteiger partial charge in [0.15, 0.2) is 0 Å².